The summed E-state index contributed by atoms with van der Waals surface area (Å²) in [6.45, 7) is 3.89. The van der Waals surface area contributed by atoms with Crippen LogP contribution in [0.3, 0.4) is 0 Å². The van der Waals surface area contributed by atoms with Gasteiger partial charge in [-0.3, -0.25) is 14.3 Å². The van der Waals surface area contributed by atoms with Crippen molar-refractivity contribution in [1.82, 2.24) is 9.78 Å². The summed E-state index contributed by atoms with van der Waals surface area (Å²) >= 11 is 0. The van der Waals surface area contributed by atoms with Crippen molar-refractivity contribution < 1.29 is 9.59 Å². The Hall–Kier alpha value is -2.23. The van der Waals surface area contributed by atoms with Crippen LogP contribution in [-0.4, -0.2) is 21.3 Å². The molecule has 1 aromatic heterocycles. The van der Waals surface area contributed by atoms with Gasteiger partial charge >= 0.3 is 0 Å². The summed E-state index contributed by atoms with van der Waals surface area (Å²) < 4.78 is 1.59. The first kappa shape index (κ1) is 15.2. The van der Waals surface area contributed by atoms with Crippen LogP contribution < -0.4 is 0 Å². The van der Waals surface area contributed by atoms with Crippen molar-refractivity contribution in [3.05, 3.63) is 52.8 Å². The molecule has 2 aromatic rings. The zero-order valence-corrected chi connectivity index (χ0v) is 12.7. The highest BCUT2D eigenvalue weighted by Gasteiger charge is 2.17. The van der Waals surface area contributed by atoms with E-state index in [1.807, 2.05) is 12.1 Å². The van der Waals surface area contributed by atoms with Crippen molar-refractivity contribution in [2.24, 2.45) is 7.05 Å². The van der Waals surface area contributed by atoms with Gasteiger partial charge in [-0.15, -0.1) is 0 Å². The van der Waals surface area contributed by atoms with Crippen molar-refractivity contribution in [2.45, 2.75) is 33.1 Å². The number of benzene rings is 1. The Labute approximate surface area is 124 Å². The Balaban J connectivity index is 2.07. The quantitative estimate of drug-likeness (QED) is 0.605. The van der Waals surface area contributed by atoms with Crippen molar-refractivity contribution >= 4 is 11.6 Å². The van der Waals surface area contributed by atoms with E-state index >= 15 is 0 Å². The molecule has 2 rings (SSSR count). The first-order valence-electron chi connectivity index (χ1n) is 7.17. The minimum atomic E-state index is -0.178. The molecule has 0 aliphatic rings. The Morgan fingerprint density at radius 1 is 1.14 bits per heavy atom. The molecule has 1 heterocycles. The summed E-state index contributed by atoms with van der Waals surface area (Å²) in [6.07, 6.45) is 3.63. The molecule has 4 nitrogen and oxygen atoms in total. The summed E-state index contributed by atoms with van der Waals surface area (Å²) in [7, 11) is 1.76. The van der Waals surface area contributed by atoms with Crippen LogP contribution in [0.2, 0.25) is 0 Å². The van der Waals surface area contributed by atoms with E-state index in [-0.39, 0.29) is 18.0 Å². The standard InChI is InChI=1S/C17H20N2O2/c1-4-5-13-6-8-14(9-7-13)16(20)10-17(21)15-11-19(3)18-12(15)2/h6-9,11H,4-5,10H2,1-3H3. The maximum Gasteiger partial charge on any atom is 0.174 e. The first-order valence-corrected chi connectivity index (χ1v) is 7.17. The van der Waals surface area contributed by atoms with E-state index in [0.717, 1.165) is 12.8 Å². The van der Waals surface area contributed by atoms with Crippen molar-refractivity contribution in [3.63, 3.8) is 0 Å². The second kappa shape index (κ2) is 6.48. The molecule has 0 atom stereocenters. The fraction of sp³-hybridized carbons (Fsp3) is 0.353. The summed E-state index contributed by atoms with van der Waals surface area (Å²) in [4.78, 5) is 24.3. The van der Waals surface area contributed by atoms with E-state index < -0.39 is 0 Å². The zero-order chi connectivity index (χ0) is 15.4. The number of ketones is 2. The van der Waals surface area contributed by atoms with Crippen molar-refractivity contribution in [1.29, 1.82) is 0 Å². The highest BCUT2D eigenvalue weighted by atomic mass is 16.1. The number of Topliss-reactive ketones (excluding diaryl/α,β-unsaturated/α-hetero) is 2. The molecular formula is C17H20N2O2. The number of aromatic nitrogens is 2. The van der Waals surface area contributed by atoms with Gasteiger partial charge in [0.05, 0.1) is 17.7 Å². The second-order valence-electron chi connectivity index (χ2n) is 5.27. The van der Waals surface area contributed by atoms with E-state index in [1.54, 1.807) is 37.0 Å². The van der Waals surface area contributed by atoms with Crippen LogP contribution in [0, 0.1) is 6.92 Å². The Morgan fingerprint density at radius 3 is 2.33 bits per heavy atom. The van der Waals surface area contributed by atoms with Gasteiger partial charge in [0.2, 0.25) is 0 Å². The average molecular weight is 284 g/mol. The van der Waals surface area contributed by atoms with Crippen LogP contribution in [-0.2, 0) is 13.5 Å². The molecule has 0 aliphatic heterocycles. The van der Waals surface area contributed by atoms with Gasteiger partial charge in [0.1, 0.15) is 0 Å². The van der Waals surface area contributed by atoms with Gasteiger partial charge in [0.15, 0.2) is 11.6 Å². The Morgan fingerprint density at radius 2 is 1.81 bits per heavy atom. The van der Waals surface area contributed by atoms with Gasteiger partial charge in [0.25, 0.3) is 0 Å². The lowest BCUT2D eigenvalue weighted by Crippen LogP contribution is -2.09. The fourth-order valence-corrected chi connectivity index (χ4v) is 2.36. The molecule has 21 heavy (non-hydrogen) atoms. The van der Waals surface area contributed by atoms with Gasteiger partial charge in [-0.25, -0.2) is 0 Å². The lowest BCUT2D eigenvalue weighted by atomic mass is 10.0. The topological polar surface area (TPSA) is 52.0 Å². The first-order chi connectivity index (χ1) is 10.0. The third-order valence-electron chi connectivity index (χ3n) is 3.45. The number of rotatable bonds is 6. The third kappa shape index (κ3) is 3.66. The average Bonchev–Trinajstić information content (AvgIpc) is 2.79. The van der Waals surface area contributed by atoms with Crippen LogP contribution in [0.5, 0.6) is 0 Å². The van der Waals surface area contributed by atoms with Crippen LogP contribution in [0.15, 0.2) is 30.5 Å². The number of carbonyl (C=O) groups excluding carboxylic acids is 2. The number of hydrogen-bond donors (Lipinski definition) is 0. The normalized spacial score (nSPS) is 10.6. The monoisotopic (exact) mass is 284 g/mol. The number of hydrogen-bond acceptors (Lipinski definition) is 3. The predicted octanol–water partition coefficient (Wildman–Crippen LogP) is 3.14. The van der Waals surface area contributed by atoms with Crippen LogP contribution in [0.1, 0.15) is 51.7 Å². The molecule has 0 bridgehead atoms. The molecule has 0 N–H and O–H groups in total. The third-order valence-corrected chi connectivity index (χ3v) is 3.45. The molecule has 1 aromatic carbocycles. The summed E-state index contributed by atoms with van der Waals surface area (Å²) in [5, 5.41) is 4.13. The highest BCUT2D eigenvalue weighted by molar-refractivity contribution is 6.13. The minimum Gasteiger partial charge on any atom is -0.294 e. The molecule has 0 unspecified atom stereocenters. The molecule has 0 spiro atoms. The molecule has 0 fully saturated rings. The number of carbonyl (C=O) groups is 2. The maximum atomic E-state index is 12.2. The van der Waals surface area contributed by atoms with Crippen molar-refractivity contribution in [2.75, 3.05) is 0 Å². The molecule has 0 amide bonds. The molecule has 0 radical (unpaired) electrons. The lowest BCUT2D eigenvalue weighted by Gasteiger charge is -2.03. The number of nitrogens with zero attached hydrogens (tertiary/aromatic N) is 2. The molecular weight excluding hydrogens is 264 g/mol. The van der Waals surface area contributed by atoms with Crippen LogP contribution in [0.4, 0.5) is 0 Å². The Kier molecular flexibility index (Phi) is 4.68. The largest absolute Gasteiger partial charge is 0.294 e. The van der Waals surface area contributed by atoms with Crippen molar-refractivity contribution in [3.8, 4) is 0 Å². The van der Waals surface area contributed by atoms with E-state index in [2.05, 4.69) is 12.0 Å². The van der Waals surface area contributed by atoms with E-state index in [9.17, 15) is 9.59 Å². The van der Waals surface area contributed by atoms with Gasteiger partial charge in [0, 0.05) is 18.8 Å². The van der Waals surface area contributed by atoms with Gasteiger partial charge in [-0.2, -0.15) is 5.10 Å². The van der Waals surface area contributed by atoms with E-state index in [0.29, 0.717) is 16.8 Å². The minimum absolute atomic E-state index is 0.111. The SMILES string of the molecule is CCCc1ccc(C(=O)CC(=O)c2cn(C)nc2C)cc1. The molecule has 0 aliphatic carbocycles. The van der Waals surface area contributed by atoms with Crippen LogP contribution in [0.25, 0.3) is 0 Å². The van der Waals surface area contributed by atoms with Gasteiger partial charge in [-0.1, -0.05) is 37.6 Å². The Bertz CT molecular complexity index is 654. The zero-order valence-electron chi connectivity index (χ0n) is 12.7. The van der Waals surface area contributed by atoms with Gasteiger partial charge in [-0.05, 0) is 18.9 Å². The van der Waals surface area contributed by atoms with E-state index in [4.69, 9.17) is 0 Å². The maximum absolute atomic E-state index is 12.2. The summed E-state index contributed by atoms with van der Waals surface area (Å²) in [5.41, 5.74) is 2.98. The molecule has 0 saturated heterocycles. The molecule has 4 heteroatoms. The summed E-state index contributed by atoms with van der Waals surface area (Å²) in [5.74, 6) is -0.325. The fourth-order valence-electron chi connectivity index (χ4n) is 2.36. The van der Waals surface area contributed by atoms with Crippen LogP contribution >= 0.6 is 0 Å². The molecule has 0 saturated carbocycles. The smallest absolute Gasteiger partial charge is 0.174 e. The molecule has 110 valence electrons. The number of aryl methyl sites for hydroxylation is 3. The van der Waals surface area contributed by atoms with Gasteiger partial charge < -0.3 is 0 Å². The lowest BCUT2D eigenvalue weighted by molar-refractivity contribution is 0.0894. The predicted molar refractivity (Wildman–Crippen MR) is 81.7 cm³/mol. The summed E-state index contributed by atoms with van der Waals surface area (Å²) in [6, 6.07) is 7.51. The highest BCUT2D eigenvalue weighted by Crippen LogP contribution is 2.13. The van der Waals surface area contributed by atoms with E-state index in [1.165, 1.54) is 5.56 Å². The second-order valence-corrected chi connectivity index (χ2v) is 5.27.